The van der Waals surface area contributed by atoms with Crippen molar-refractivity contribution >= 4 is 9.42 Å². The molecule has 0 amide bonds. The molecule has 1 N–H and O–H groups in total. The van der Waals surface area contributed by atoms with E-state index in [1.54, 1.807) is 0 Å². The summed E-state index contributed by atoms with van der Waals surface area (Å²) in [6, 6.07) is 0. The van der Waals surface area contributed by atoms with E-state index in [1.165, 1.54) is 0 Å². The molecule has 3 nitrogen and oxygen atoms in total. The molecule has 0 aliphatic heterocycles. The fraction of sp³-hybridized carbons (Fsp3) is 0. The summed E-state index contributed by atoms with van der Waals surface area (Å²) in [6.45, 7) is 0. The molecule has 32 valence electrons. The molecule has 0 atom stereocenters. The first-order valence-corrected chi connectivity index (χ1v) is 5.79. The van der Waals surface area contributed by atoms with Crippen LogP contribution < -0.4 is 0 Å². The van der Waals surface area contributed by atoms with Gasteiger partial charge in [0.15, 0.2) is 0 Å². The average Bonchev–Trinajstić information content (AvgIpc) is 0.722. The predicted octanol–water partition coefficient (Wildman–Crippen LogP) is -0.108. The minimum atomic E-state index is -5.05. The van der Waals surface area contributed by atoms with Gasteiger partial charge in [0.2, 0.25) is 0 Å². The third kappa shape index (κ3) is 101. The van der Waals surface area contributed by atoms with Crippen LogP contribution in [0.2, 0.25) is 0 Å². The molecule has 0 aliphatic carbocycles. The zero-order chi connectivity index (χ0) is 4.50. The Hall–Kier alpha value is 0.538. The Bertz CT molecular complexity index is 90.1. The Morgan fingerprint density at radius 1 is 1.60 bits per heavy atom. The Morgan fingerprint density at radius 3 is 1.60 bits per heavy atom. The molecule has 5 heavy (non-hydrogen) atoms. The van der Waals surface area contributed by atoms with E-state index < -0.39 is 15.3 Å². The summed E-state index contributed by atoms with van der Waals surface area (Å²) < 4.78 is 25.5. The monoisotopic (exact) mass is 182 g/mol. The fourth-order valence-corrected chi connectivity index (χ4v) is 0. The average molecular weight is 180 g/mol. The number of halogens is 1. The van der Waals surface area contributed by atoms with E-state index in [0.29, 0.717) is 0 Å². The van der Waals surface area contributed by atoms with Crippen LogP contribution in [-0.4, -0.2) is 3.76 Å². The molecular formula is HClMoO3. The third-order valence-corrected chi connectivity index (χ3v) is 0. The van der Waals surface area contributed by atoms with Crippen LogP contribution in [0.3, 0.4) is 0 Å². The summed E-state index contributed by atoms with van der Waals surface area (Å²) in [6.07, 6.45) is 0. The fourth-order valence-electron chi connectivity index (χ4n) is 0. The molecule has 5 heteroatoms. The maximum absolute atomic E-state index is 9.06. The van der Waals surface area contributed by atoms with Crippen molar-refractivity contribution in [2.24, 2.45) is 0 Å². The van der Waals surface area contributed by atoms with E-state index in [1.807, 2.05) is 0 Å². The van der Waals surface area contributed by atoms with Crippen molar-refractivity contribution in [1.82, 2.24) is 0 Å². The van der Waals surface area contributed by atoms with E-state index in [0.717, 1.165) is 0 Å². The maximum atomic E-state index is 9.06. The van der Waals surface area contributed by atoms with Crippen LogP contribution in [0, 0.1) is 0 Å². The Kier molecular flexibility index (Phi) is 1.47. The van der Waals surface area contributed by atoms with Gasteiger partial charge in [0.05, 0.1) is 0 Å². The van der Waals surface area contributed by atoms with Gasteiger partial charge in [-0.05, 0) is 0 Å². The Morgan fingerprint density at radius 2 is 1.60 bits per heavy atom. The number of rotatable bonds is 0. The summed E-state index contributed by atoms with van der Waals surface area (Å²) in [5.41, 5.74) is 0. The van der Waals surface area contributed by atoms with Gasteiger partial charge in [0, 0.05) is 0 Å². The SMILES string of the molecule is [O]=[Mo](=[O])([OH])[Cl]. The van der Waals surface area contributed by atoms with Gasteiger partial charge in [-0.3, -0.25) is 0 Å². The van der Waals surface area contributed by atoms with E-state index >= 15 is 0 Å². The molecule has 0 unspecified atom stereocenters. The summed E-state index contributed by atoms with van der Waals surface area (Å²) in [5.74, 6) is 0. The molecule has 0 rings (SSSR count). The molecule has 0 saturated heterocycles. The van der Waals surface area contributed by atoms with Crippen LogP contribution >= 0.6 is 9.42 Å². The van der Waals surface area contributed by atoms with E-state index in [2.05, 4.69) is 9.42 Å². The zero-order valence-corrected chi connectivity index (χ0v) is 4.81. The van der Waals surface area contributed by atoms with Crippen molar-refractivity contribution in [3.63, 3.8) is 0 Å². The molecule has 0 radical (unpaired) electrons. The second-order valence-corrected chi connectivity index (χ2v) is 4.75. The Labute approximate surface area is 35.7 Å². The normalized spacial score (nSPS) is 11.6. The molecule has 0 aromatic rings. The zero-order valence-electron chi connectivity index (χ0n) is 2.05. The van der Waals surface area contributed by atoms with Crippen LogP contribution in [0.5, 0.6) is 0 Å². The van der Waals surface area contributed by atoms with E-state index in [9.17, 15) is 0 Å². The van der Waals surface area contributed by atoms with Gasteiger partial charge in [0.1, 0.15) is 0 Å². The first-order valence-electron chi connectivity index (χ1n) is 0.670. The van der Waals surface area contributed by atoms with E-state index in [4.69, 9.17) is 10.6 Å². The number of hydrogen-bond acceptors (Lipinski definition) is 2. The topological polar surface area (TPSA) is 54.4 Å². The van der Waals surface area contributed by atoms with Crippen molar-refractivity contribution in [3.05, 3.63) is 0 Å². The van der Waals surface area contributed by atoms with Crippen molar-refractivity contribution in [1.29, 1.82) is 0 Å². The van der Waals surface area contributed by atoms with Gasteiger partial charge in [-0.1, -0.05) is 0 Å². The Balaban J connectivity index is 4.06. The quantitative estimate of drug-likeness (QED) is 0.529. The second kappa shape index (κ2) is 1.33. The molecule has 0 spiro atoms. The summed E-state index contributed by atoms with van der Waals surface area (Å²) in [7, 11) is 4.16. The number of hydrogen-bond donors (Lipinski definition) is 1. The molecular weight excluding hydrogens is 179 g/mol. The van der Waals surface area contributed by atoms with Gasteiger partial charge in [-0.15, -0.1) is 0 Å². The molecule has 0 heterocycles. The van der Waals surface area contributed by atoms with Crippen LogP contribution in [0.1, 0.15) is 0 Å². The van der Waals surface area contributed by atoms with Crippen molar-refractivity contribution in [2.45, 2.75) is 0 Å². The van der Waals surface area contributed by atoms with Gasteiger partial charge >= 0.3 is 35.3 Å². The molecule has 0 saturated carbocycles. The van der Waals surface area contributed by atoms with Gasteiger partial charge in [-0.25, -0.2) is 0 Å². The molecule has 0 fully saturated rings. The second-order valence-electron chi connectivity index (χ2n) is 0.412. The van der Waals surface area contributed by atoms with Crippen LogP contribution in [-0.2, 0) is 22.1 Å². The molecule has 0 aliphatic rings. The predicted molar refractivity (Wildman–Crippen MR) is 9.44 cm³/mol. The van der Waals surface area contributed by atoms with Gasteiger partial charge < -0.3 is 0 Å². The molecule has 0 bridgehead atoms. The first kappa shape index (κ1) is 5.54. The van der Waals surface area contributed by atoms with E-state index in [-0.39, 0.29) is 0 Å². The standard InChI is InChI=1S/ClH.Mo.H2O.2O/h1H;;1H2;;/q;+2;;;/p-2. The summed E-state index contributed by atoms with van der Waals surface area (Å²) in [4.78, 5) is 0. The van der Waals surface area contributed by atoms with Crippen molar-refractivity contribution in [3.8, 4) is 0 Å². The third-order valence-electron chi connectivity index (χ3n) is 0. The van der Waals surface area contributed by atoms with Crippen LogP contribution in [0.4, 0.5) is 0 Å². The van der Waals surface area contributed by atoms with Crippen molar-refractivity contribution in [2.75, 3.05) is 0 Å². The molecule has 0 aromatic carbocycles. The van der Waals surface area contributed by atoms with Crippen molar-refractivity contribution < 1.29 is 25.9 Å². The van der Waals surface area contributed by atoms with Crippen LogP contribution in [0.25, 0.3) is 0 Å². The van der Waals surface area contributed by atoms with Gasteiger partial charge in [-0.2, -0.15) is 0 Å². The van der Waals surface area contributed by atoms with Crippen LogP contribution in [0.15, 0.2) is 0 Å². The van der Waals surface area contributed by atoms with Gasteiger partial charge in [0.25, 0.3) is 0 Å². The summed E-state index contributed by atoms with van der Waals surface area (Å²) >= 11 is -5.05. The minimum absolute atomic E-state index is 4.16. The first-order chi connectivity index (χ1) is 2.00. The summed E-state index contributed by atoms with van der Waals surface area (Å²) in [5, 5.41) is 0. The molecule has 0 aromatic heterocycles.